The first-order valence-corrected chi connectivity index (χ1v) is 9.67. The Labute approximate surface area is 179 Å². The van der Waals surface area contributed by atoms with Gasteiger partial charge in [-0.25, -0.2) is 0 Å². The average molecular weight is 440 g/mol. The van der Waals surface area contributed by atoms with Crippen LogP contribution in [-0.4, -0.2) is 49.0 Å². The lowest BCUT2D eigenvalue weighted by molar-refractivity contribution is -0.137. The van der Waals surface area contributed by atoms with Crippen molar-refractivity contribution in [1.82, 2.24) is 30.0 Å². The molecule has 5 rings (SSSR count). The summed E-state index contributed by atoms with van der Waals surface area (Å²) >= 11 is 0. The SMILES string of the molecule is O=C(c1cnn(-c2ccccc2)n1)N1CC(c2nc(-c3cccc(C(F)(F)F)c3)no2)C1. The molecular weight excluding hydrogens is 425 g/mol. The summed E-state index contributed by atoms with van der Waals surface area (Å²) in [7, 11) is 0. The predicted octanol–water partition coefficient (Wildman–Crippen LogP) is 3.58. The Hall–Kier alpha value is -4.02. The number of halogens is 3. The molecule has 1 saturated heterocycles. The van der Waals surface area contributed by atoms with E-state index in [9.17, 15) is 18.0 Å². The topological polar surface area (TPSA) is 89.9 Å². The third-order valence-electron chi connectivity index (χ3n) is 5.11. The summed E-state index contributed by atoms with van der Waals surface area (Å²) in [6.07, 6.45) is -3.05. The number of carbonyl (C=O) groups is 1. The molecule has 0 spiro atoms. The van der Waals surface area contributed by atoms with Crippen molar-refractivity contribution in [3.63, 3.8) is 0 Å². The van der Waals surface area contributed by atoms with E-state index in [4.69, 9.17) is 4.52 Å². The normalized spacial score (nSPS) is 14.4. The number of hydrogen-bond donors (Lipinski definition) is 0. The molecule has 1 aliphatic heterocycles. The fourth-order valence-electron chi connectivity index (χ4n) is 3.36. The van der Waals surface area contributed by atoms with Gasteiger partial charge in [-0.3, -0.25) is 4.79 Å². The summed E-state index contributed by atoms with van der Waals surface area (Å²) < 4.78 is 44.0. The van der Waals surface area contributed by atoms with Crippen molar-refractivity contribution < 1.29 is 22.5 Å². The van der Waals surface area contributed by atoms with Gasteiger partial charge in [-0.05, 0) is 24.3 Å². The number of aromatic nitrogens is 5. The van der Waals surface area contributed by atoms with Gasteiger partial charge in [0.25, 0.3) is 5.91 Å². The van der Waals surface area contributed by atoms with E-state index in [1.165, 1.54) is 23.1 Å². The highest BCUT2D eigenvalue weighted by molar-refractivity contribution is 5.92. The lowest BCUT2D eigenvalue weighted by atomic mass is 9.99. The molecule has 4 aromatic rings. The van der Waals surface area contributed by atoms with Crippen LogP contribution in [0.2, 0.25) is 0 Å². The molecule has 0 aliphatic carbocycles. The summed E-state index contributed by atoms with van der Waals surface area (Å²) in [5, 5.41) is 12.1. The van der Waals surface area contributed by atoms with Gasteiger partial charge in [0.2, 0.25) is 11.7 Å². The Balaban J connectivity index is 1.24. The Morgan fingerprint density at radius 2 is 1.84 bits per heavy atom. The lowest BCUT2D eigenvalue weighted by Gasteiger charge is -2.36. The highest BCUT2D eigenvalue weighted by atomic mass is 19.4. The van der Waals surface area contributed by atoms with Crippen molar-refractivity contribution in [2.45, 2.75) is 12.1 Å². The molecule has 0 atom stereocenters. The van der Waals surface area contributed by atoms with E-state index in [2.05, 4.69) is 20.3 Å². The van der Waals surface area contributed by atoms with Crippen LogP contribution in [0, 0.1) is 0 Å². The van der Waals surface area contributed by atoms with Gasteiger partial charge < -0.3 is 9.42 Å². The van der Waals surface area contributed by atoms with Crippen LogP contribution in [0.1, 0.15) is 27.9 Å². The van der Waals surface area contributed by atoms with Crippen LogP contribution in [0.5, 0.6) is 0 Å². The fourth-order valence-corrected chi connectivity index (χ4v) is 3.36. The number of hydrogen-bond acceptors (Lipinski definition) is 6. The molecule has 0 N–H and O–H groups in total. The predicted molar refractivity (Wildman–Crippen MR) is 105 cm³/mol. The quantitative estimate of drug-likeness (QED) is 0.482. The Morgan fingerprint density at radius 3 is 2.59 bits per heavy atom. The van der Waals surface area contributed by atoms with Gasteiger partial charge in [-0.1, -0.05) is 35.5 Å². The van der Waals surface area contributed by atoms with E-state index in [-0.39, 0.29) is 34.8 Å². The summed E-state index contributed by atoms with van der Waals surface area (Å²) in [6.45, 7) is 0.669. The van der Waals surface area contributed by atoms with Crippen LogP contribution in [0.15, 0.2) is 65.3 Å². The van der Waals surface area contributed by atoms with Crippen LogP contribution in [0.3, 0.4) is 0 Å². The molecule has 8 nitrogen and oxygen atoms in total. The van der Waals surface area contributed by atoms with Gasteiger partial charge in [-0.2, -0.15) is 28.1 Å². The summed E-state index contributed by atoms with van der Waals surface area (Å²) in [4.78, 5) is 19.8. The number of carbonyl (C=O) groups excluding carboxylic acids is 1. The highest BCUT2D eigenvalue weighted by Gasteiger charge is 2.37. The number of benzene rings is 2. The van der Waals surface area contributed by atoms with Crippen molar-refractivity contribution in [2.24, 2.45) is 0 Å². The van der Waals surface area contributed by atoms with Gasteiger partial charge in [0, 0.05) is 18.7 Å². The van der Waals surface area contributed by atoms with Gasteiger partial charge in [0.15, 0.2) is 5.69 Å². The molecule has 1 aliphatic rings. The summed E-state index contributed by atoms with van der Waals surface area (Å²) in [5.74, 6) is -0.132. The van der Waals surface area contributed by atoms with Crippen LogP contribution in [-0.2, 0) is 6.18 Å². The van der Waals surface area contributed by atoms with E-state index < -0.39 is 11.7 Å². The molecule has 162 valence electrons. The second-order valence-corrected chi connectivity index (χ2v) is 7.30. The van der Waals surface area contributed by atoms with Gasteiger partial charge in [0.1, 0.15) is 0 Å². The molecule has 1 fully saturated rings. The first-order chi connectivity index (χ1) is 15.4. The largest absolute Gasteiger partial charge is 0.416 e. The van der Waals surface area contributed by atoms with Crippen LogP contribution in [0.4, 0.5) is 13.2 Å². The third-order valence-corrected chi connectivity index (χ3v) is 5.11. The van der Waals surface area contributed by atoms with Crippen LogP contribution >= 0.6 is 0 Å². The second kappa shape index (κ2) is 7.59. The maximum atomic E-state index is 12.9. The number of likely N-dealkylation sites (tertiary alicyclic amines) is 1. The smallest absolute Gasteiger partial charge is 0.339 e. The first-order valence-electron chi connectivity index (χ1n) is 9.67. The minimum Gasteiger partial charge on any atom is -0.339 e. The van der Waals surface area contributed by atoms with Crippen molar-refractivity contribution in [2.75, 3.05) is 13.1 Å². The Kier molecular flexibility index (Phi) is 4.72. The Morgan fingerprint density at radius 1 is 1.06 bits per heavy atom. The average Bonchev–Trinajstić information content (AvgIpc) is 3.43. The van der Waals surface area contributed by atoms with E-state index in [0.717, 1.165) is 17.8 Å². The molecule has 32 heavy (non-hydrogen) atoms. The summed E-state index contributed by atoms with van der Waals surface area (Å²) in [6, 6.07) is 13.9. The molecule has 11 heteroatoms. The van der Waals surface area contributed by atoms with E-state index in [1.54, 1.807) is 4.90 Å². The van der Waals surface area contributed by atoms with Crippen molar-refractivity contribution in [1.29, 1.82) is 0 Å². The molecule has 0 unspecified atom stereocenters. The van der Waals surface area contributed by atoms with E-state index in [0.29, 0.717) is 13.1 Å². The molecule has 0 radical (unpaired) electrons. The Bertz CT molecular complexity index is 1260. The van der Waals surface area contributed by atoms with Gasteiger partial charge in [0.05, 0.1) is 23.4 Å². The first kappa shape index (κ1) is 19.9. The zero-order chi connectivity index (χ0) is 22.3. The molecule has 0 saturated carbocycles. The zero-order valence-electron chi connectivity index (χ0n) is 16.4. The minimum absolute atomic E-state index is 0.0710. The summed E-state index contributed by atoms with van der Waals surface area (Å²) in [5.41, 5.74) is 0.369. The zero-order valence-corrected chi connectivity index (χ0v) is 16.4. The van der Waals surface area contributed by atoms with Crippen LogP contribution < -0.4 is 0 Å². The van der Waals surface area contributed by atoms with Gasteiger partial charge >= 0.3 is 6.18 Å². The third kappa shape index (κ3) is 3.72. The number of para-hydroxylation sites is 1. The molecule has 1 amide bonds. The minimum atomic E-state index is -4.46. The lowest BCUT2D eigenvalue weighted by Crippen LogP contribution is -2.48. The number of alkyl halides is 3. The monoisotopic (exact) mass is 440 g/mol. The molecular formula is C21H15F3N6O2. The van der Waals surface area contributed by atoms with Crippen molar-refractivity contribution in [3.05, 3.63) is 77.9 Å². The standard InChI is InChI=1S/C21H15F3N6O2/c22-21(23,24)15-6-4-5-13(9-15)18-26-19(32-28-18)14-11-29(12-14)20(31)17-10-25-30(27-17)16-7-2-1-3-8-16/h1-10,14H,11-12H2. The molecule has 0 bridgehead atoms. The van der Waals surface area contributed by atoms with E-state index >= 15 is 0 Å². The fraction of sp³-hybridized carbons (Fsp3) is 0.190. The maximum Gasteiger partial charge on any atom is 0.416 e. The maximum absolute atomic E-state index is 12.9. The van der Waals surface area contributed by atoms with E-state index in [1.807, 2.05) is 30.3 Å². The highest BCUT2D eigenvalue weighted by Crippen LogP contribution is 2.33. The molecule has 2 aromatic carbocycles. The number of nitrogens with zero attached hydrogens (tertiary/aromatic N) is 6. The number of rotatable bonds is 4. The van der Waals surface area contributed by atoms with Crippen molar-refractivity contribution >= 4 is 5.91 Å². The second-order valence-electron chi connectivity index (χ2n) is 7.30. The number of amides is 1. The van der Waals surface area contributed by atoms with Gasteiger partial charge in [-0.15, -0.1) is 5.10 Å². The van der Waals surface area contributed by atoms with Crippen molar-refractivity contribution in [3.8, 4) is 17.1 Å². The van der Waals surface area contributed by atoms with Crippen LogP contribution in [0.25, 0.3) is 17.1 Å². The molecule has 2 aromatic heterocycles. The molecule has 3 heterocycles.